The van der Waals surface area contributed by atoms with Crippen LogP contribution in [0.2, 0.25) is 0 Å². The minimum absolute atomic E-state index is 0.115. The highest BCUT2D eigenvalue weighted by Crippen LogP contribution is 2.21. The lowest BCUT2D eigenvalue weighted by Gasteiger charge is -2.20. The van der Waals surface area contributed by atoms with E-state index < -0.39 is 22.0 Å². The third-order valence-corrected chi connectivity index (χ3v) is 5.28. The maximum Gasteiger partial charge on any atom is 0.321 e. The molecule has 2 atom stereocenters. The molecule has 0 aliphatic heterocycles. The summed E-state index contributed by atoms with van der Waals surface area (Å²) in [5.74, 6) is -1.73. The molecule has 0 radical (unpaired) electrons. The molecule has 1 rings (SSSR count). The predicted molar refractivity (Wildman–Crippen MR) is 80.6 cm³/mol. The van der Waals surface area contributed by atoms with E-state index in [1.54, 1.807) is 20.8 Å². The quantitative estimate of drug-likeness (QED) is 0.673. The van der Waals surface area contributed by atoms with E-state index in [2.05, 4.69) is 4.72 Å². The lowest BCUT2D eigenvalue weighted by Crippen LogP contribution is -2.46. The van der Waals surface area contributed by atoms with Gasteiger partial charge in [0.1, 0.15) is 6.04 Å². The number of ether oxygens (including phenoxy) is 1. The maximum atomic E-state index is 12.0. The van der Waals surface area contributed by atoms with E-state index in [9.17, 15) is 13.2 Å². The third-order valence-electron chi connectivity index (χ3n) is 3.66. The lowest BCUT2D eigenvalue weighted by molar-refractivity contribution is -0.140. The van der Waals surface area contributed by atoms with Crippen LogP contribution < -0.4 is 4.72 Å². The van der Waals surface area contributed by atoms with Crippen LogP contribution in [-0.4, -0.2) is 44.0 Å². The van der Waals surface area contributed by atoms with Crippen molar-refractivity contribution in [3.8, 4) is 0 Å². The molecule has 1 fully saturated rings. The lowest BCUT2D eigenvalue weighted by atomic mass is 10.1. The Kier molecular flexibility index (Phi) is 7.09. The molecule has 0 bridgehead atoms. The monoisotopic (exact) mass is 321 g/mol. The van der Waals surface area contributed by atoms with Gasteiger partial charge in [-0.1, -0.05) is 33.6 Å². The number of hydrogen-bond donors (Lipinski definition) is 2. The second-order valence-corrected chi connectivity index (χ2v) is 8.10. The molecule has 6 nitrogen and oxygen atoms in total. The molecule has 1 saturated carbocycles. The van der Waals surface area contributed by atoms with Gasteiger partial charge in [0.2, 0.25) is 10.0 Å². The fraction of sp³-hybridized carbons (Fsp3) is 0.929. The van der Waals surface area contributed by atoms with Crippen molar-refractivity contribution in [2.45, 2.75) is 58.6 Å². The average Bonchev–Trinajstić information content (AvgIpc) is 2.85. The van der Waals surface area contributed by atoms with Crippen molar-refractivity contribution in [1.82, 2.24) is 4.72 Å². The van der Waals surface area contributed by atoms with Gasteiger partial charge >= 0.3 is 5.97 Å². The summed E-state index contributed by atoms with van der Waals surface area (Å²) in [5.41, 5.74) is 0. The molecule has 0 heterocycles. The van der Waals surface area contributed by atoms with Crippen molar-refractivity contribution in [2.75, 3.05) is 12.4 Å². The van der Waals surface area contributed by atoms with Crippen molar-refractivity contribution >= 4 is 16.0 Å². The van der Waals surface area contributed by atoms with Crippen LogP contribution in [0.15, 0.2) is 0 Å². The molecular formula is C14H27NO5S. The van der Waals surface area contributed by atoms with Crippen molar-refractivity contribution in [3.05, 3.63) is 0 Å². The zero-order valence-corrected chi connectivity index (χ0v) is 13.9. The third kappa shape index (κ3) is 6.76. The van der Waals surface area contributed by atoms with E-state index in [1.165, 1.54) is 12.8 Å². The summed E-state index contributed by atoms with van der Waals surface area (Å²) < 4.78 is 32.0. The molecular weight excluding hydrogens is 294 g/mol. The molecule has 7 heteroatoms. The molecule has 0 saturated heterocycles. The molecule has 1 aliphatic carbocycles. The highest BCUT2D eigenvalue weighted by Gasteiger charge is 2.28. The van der Waals surface area contributed by atoms with Crippen molar-refractivity contribution in [1.29, 1.82) is 0 Å². The topological polar surface area (TPSA) is 92.7 Å². The molecule has 1 unspecified atom stereocenters. The predicted octanol–water partition coefficient (Wildman–Crippen LogP) is 1.61. The van der Waals surface area contributed by atoms with Crippen LogP contribution >= 0.6 is 0 Å². The Hall–Kier alpha value is -0.660. The Bertz CT molecular complexity index is 429. The van der Waals surface area contributed by atoms with Gasteiger partial charge < -0.3 is 9.84 Å². The van der Waals surface area contributed by atoms with E-state index in [-0.39, 0.29) is 23.7 Å². The van der Waals surface area contributed by atoms with Gasteiger partial charge in [-0.05, 0) is 24.7 Å². The molecule has 2 N–H and O–H groups in total. The van der Waals surface area contributed by atoms with Crippen LogP contribution in [0.4, 0.5) is 0 Å². The second-order valence-electron chi connectivity index (χ2n) is 6.30. The minimum Gasteiger partial charge on any atom is -0.480 e. The molecule has 0 spiro atoms. The van der Waals surface area contributed by atoms with E-state index in [0.29, 0.717) is 6.61 Å². The van der Waals surface area contributed by atoms with E-state index >= 15 is 0 Å². The molecule has 124 valence electrons. The Morgan fingerprint density at radius 3 is 2.33 bits per heavy atom. The maximum absolute atomic E-state index is 12.0. The summed E-state index contributed by atoms with van der Waals surface area (Å²) in [5, 5.41) is 9.04. The average molecular weight is 321 g/mol. The molecule has 0 aromatic carbocycles. The standard InChI is InChI=1S/C14H27NO5S/c1-10(2)13(14(16)17)15-21(18,19)9-11(3)8-20-12-6-4-5-7-12/h10-13,15H,4-9H2,1-3H3,(H,16,17)/t11?,13-/m1/s1. The summed E-state index contributed by atoms with van der Waals surface area (Å²) in [4.78, 5) is 11.1. The van der Waals surface area contributed by atoms with Gasteiger partial charge in [0.25, 0.3) is 0 Å². The molecule has 0 aromatic heterocycles. The Morgan fingerprint density at radius 2 is 1.86 bits per heavy atom. The van der Waals surface area contributed by atoms with Gasteiger partial charge in [-0.25, -0.2) is 13.1 Å². The highest BCUT2D eigenvalue weighted by atomic mass is 32.2. The first-order valence-electron chi connectivity index (χ1n) is 7.55. The smallest absolute Gasteiger partial charge is 0.321 e. The highest BCUT2D eigenvalue weighted by molar-refractivity contribution is 7.89. The van der Waals surface area contributed by atoms with E-state index in [4.69, 9.17) is 9.84 Å². The van der Waals surface area contributed by atoms with E-state index in [1.807, 2.05) is 0 Å². The molecule has 21 heavy (non-hydrogen) atoms. The molecule has 0 amide bonds. The van der Waals surface area contributed by atoms with Crippen LogP contribution in [0.25, 0.3) is 0 Å². The fourth-order valence-electron chi connectivity index (χ4n) is 2.49. The number of carboxylic acids is 1. The number of carbonyl (C=O) groups is 1. The first-order valence-corrected chi connectivity index (χ1v) is 9.21. The Morgan fingerprint density at radius 1 is 1.29 bits per heavy atom. The number of sulfonamides is 1. The minimum atomic E-state index is -3.63. The van der Waals surface area contributed by atoms with Crippen molar-refractivity contribution < 1.29 is 23.1 Å². The van der Waals surface area contributed by atoms with Crippen LogP contribution in [0, 0.1) is 11.8 Å². The zero-order chi connectivity index (χ0) is 16.0. The first-order chi connectivity index (χ1) is 9.71. The number of carboxylic acid groups (broad SMARTS) is 1. The number of rotatable bonds is 9. The summed E-state index contributed by atoms with van der Waals surface area (Å²) in [7, 11) is -3.63. The molecule has 1 aliphatic rings. The number of aliphatic carboxylic acids is 1. The van der Waals surface area contributed by atoms with Gasteiger partial charge in [-0.15, -0.1) is 0 Å². The Labute approximate surface area is 127 Å². The van der Waals surface area contributed by atoms with Crippen molar-refractivity contribution in [3.63, 3.8) is 0 Å². The largest absolute Gasteiger partial charge is 0.480 e. The normalized spacial score (nSPS) is 19.8. The molecule has 0 aromatic rings. The van der Waals surface area contributed by atoms with Crippen LogP contribution in [-0.2, 0) is 19.6 Å². The van der Waals surface area contributed by atoms with E-state index in [0.717, 1.165) is 12.8 Å². The summed E-state index contributed by atoms with van der Waals surface area (Å²) in [6.07, 6.45) is 4.70. The second kappa shape index (κ2) is 8.10. The Balaban J connectivity index is 2.44. The summed E-state index contributed by atoms with van der Waals surface area (Å²) in [6, 6.07) is -1.09. The van der Waals surface area contributed by atoms with Gasteiger partial charge in [0.05, 0.1) is 18.5 Å². The summed E-state index contributed by atoms with van der Waals surface area (Å²) in [6.45, 7) is 5.55. The van der Waals surface area contributed by atoms with Gasteiger partial charge in [0, 0.05) is 0 Å². The van der Waals surface area contributed by atoms with Gasteiger partial charge in [-0.3, -0.25) is 4.79 Å². The van der Waals surface area contributed by atoms with Crippen LogP contribution in [0.3, 0.4) is 0 Å². The number of nitrogens with one attached hydrogen (secondary N) is 1. The van der Waals surface area contributed by atoms with Crippen molar-refractivity contribution in [2.24, 2.45) is 11.8 Å². The fourth-order valence-corrected chi connectivity index (χ4v) is 4.19. The van der Waals surface area contributed by atoms with Gasteiger partial charge in [-0.2, -0.15) is 0 Å². The van der Waals surface area contributed by atoms with Crippen LogP contribution in [0.1, 0.15) is 46.5 Å². The zero-order valence-electron chi connectivity index (χ0n) is 13.0. The number of hydrogen-bond acceptors (Lipinski definition) is 4. The van der Waals surface area contributed by atoms with Gasteiger partial charge in [0.15, 0.2) is 0 Å². The first kappa shape index (κ1) is 18.4. The van der Waals surface area contributed by atoms with Crippen LogP contribution in [0.5, 0.6) is 0 Å². The summed E-state index contributed by atoms with van der Waals surface area (Å²) >= 11 is 0. The SMILES string of the molecule is CC(COC1CCCC1)CS(=O)(=O)N[C@@H](C(=O)O)C(C)C.